The van der Waals surface area contributed by atoms with E-state index in [1.54, 1.807) is 0 Å². The molecule has 2 aliphatic heterocycles. The molecule has 28 heavy (non-hydrogen) atoms. The third-order valence-corrected chi connectivity index (χ3v) is 5.55. The van der Waals surface area contributed by atoms with E-state index in [0.717, 1.165) is 42.2 Å². The van der Waals surface area contributed by atoms with E-state index in [1.165, 1.54) is 37.1 Å². The Kier molecular flexibility index (Phi) is 4.67. The van der Waals surface area contributed by atoms with Crippen LogP contribution in [0.5, 0.6) is 11.5 Å². The highest BCUT2D eigenvalue weighted by atomic mass is 16.5. The Morgan fingerprint density at radius 3 is 2.54 bits per heavy atom. The minimum atomic E-state index is 0.761. The van der Waals surface area contributed by atoms with E-state index in [1.807, 2.05) is 36.8 Å². The maximum absolute atomic E-state index is 6.05. The Morgan fingerprint density at radius 2 is 1.75 bits per heavy atom. The number of hydrogen-bond acceptors (Lipinski definition) is 4. The Balaban J connectivity index is 1.27. The molecule has 0 bridgehead atoms. The molecule has 5 nitrogen and oxygen atoms in total. The quantitative estimate of drug-likeness (QED) is 0.644. The zero-order chi connectivity index (χ0) is 18.8. The summed E-state index contributed by atoms with van der Waals surface area (Å²) in [6, 6.07) is 14.3. The summed E-state index contributed by atoms with van der Waals surface area (Å²) >= 11 is 0. The first kappa shape index (κ1) is 17.2. The molecule has 1 fully saturated rings. The maximum atomic E-state index is 6.05. The molecule has 2 aliphatic rings. The smallest absolute Gasteiger partial charge is 0.129 e. The highest BCUT2D eigenvalue weighted by Crippen LogP contribution is 2.27. The second-order valence-electron chi connectivity index (χ2n) is 7.45. The Bertz CT molecular complexity index is 1030. The Hall–Kier alpha value is -2.92. The van der Waals surface area contributed by atoms with Gasteiger partial charge in [0.2, 0.25) is 0 Å². The van der Waals surface area contributed by atoms with Gasteiger partial charge in [-0.05, 0) is 67.4 Å². The van der Waals surface area contributed by atoms with Crippen LogP contribution < -0.4 is 4.74 Å². The van der Waals surface area contributed by atoms with Crippen molar-refractivity contribution in [3.8, 4) is 11.5 Å². The van der Waals surface area contributed by atoms with Crippen LogP contribution in [-0.2, 0) is 6.54 Å². The molecule has 0 radical (unpaired) electrons. The number of aliphatic imine (C=N–C) groups is 1. The van der Waals surface area contributed by atoms with Gasteiger partial charge in [-0.15, -0.1) is 0 Å². The molecule has 0 unspecified atom stereocenters. The lowest BCUT2D eigenvalue weighted by Crippen LogP contribution is -2.23. The van der Waals surface area contributed by atoms with Crippen molar-refractivity contribution in [1.82, 2.24) is 14.5 Å². The second kappa shape index (κ2) is 7.60. The lowest BCUT2D eigenvalue weighted by molar-refractivity contribution is 0.324. The van der Waals surface area contributed by atoms with Gasteiger partial charge in [-0.1, -0.05) is 12.1 Å². The maximum Gasteiger partial charge on any atom is 0.129 e. The van der Waals surface area contributed by atoms with Crippen molar-refractivity contribution in [2.45, 2.75) is 19.4 Å². The SMILES string of the molecule is C1=NCC(c2ccc(Oc3ccc4c(c3)ncn4CCN3CCCC3)cc2)=C1. The minimum absolute atomic E-state index is 0.761. The number of aromatic nitrogens is 2. The average Bonchev–Trinajstić information content (AvgIpc) is 3.48. The zero-order valence-corrected chi connectivity index (χ0v) is 15.9. The lowest BCUT2D eigenvalue weighted by atomic mass is 10.1. The molecule has 0 aliphatic carbocycles. The van der Waals surface area contributed by atoms with Gasteiger partial charge in [0.1, 0.15) is 11.5 Å². The van der Waals surface area contributed by atoms with Crippen molar-refractivity contribution in [3.05, 3.63) is 60.4 Å². The number of likely N-dealkylation sites (tertiary alicyclic amines) is 1. The molecule has 5 heteroatoms. The fraction of sp³-hybridized carbons (Fsp3) is 0.304. The standard InChI is InChI=1S/C23H24N4O/c1-2-12-26(11-1)13-14-27-17-25-22-15-21(7-8-23(22)27)28-20-5-3-18(4-6-20)19-9-10-24-16-19/h3-10,15,17H,1-2,11-14,16H2. The van der Waals surface area contributed by atoms with Crippen molar-refractivity contribution in [2.75, 3.05) is 26.2 Å². The number of fused-ring (bicyclic) bond motifs is 1. The highest BCUT2D eigenvalue weighted by molar-refractivity contribution is 5.89. The largest absolute Gasteiger partial charge is 0.457 e. The molecule has 0 amide bonds. The molecule has 3 heterocycles. The van der Waals surface area contributed by atoms with E-state index in [2.05, 4.69) is 43.7 Å². The molecular weight excluding hydrogens is 348 g/mol. The molecule has 0 spiro atoms. The summed E-state index contributed by atoms with van der Waals surface area (Å²) < 4.78 is 8.29. The summed E-state index contributed by atoms with van der Waals surface area (Å²) in [5.41, 5.74) is 4.57. The topological polar surface area (TPSA) is 42.7 Å². The van der Waals surface area contributed by atoms with Crippen LogP contribution >= 0.6 is 0 Å². The summed E-state index contributed by atoms with van der Waals surface area (Å²) in [7, 11) is 0. The molecule has 0 atom stereocenters. The van der Waals surface area contributed by atoms with Gasteiger partial charge in [-0.25, -0.2) is 4.98 Å². The van der Waals surface area contributed by atoms with Crippen molar-refractivity contribution >= 4 is 22.8 Å². The van der Waals surface area contributed by atoms with Crippen molar-refractivity contribution < 1.29 is 4.74 Å². The van der Waals surface area contributed by atoms with E-state index in [0.29, 0.717) is 0 Å². The van der Waals surface area contributed by atoms with Gasteiger partial charge in [0.15, 0.2) is 0 Å². The van der Waals surface area contributed by atoms with E-state index in [9.17, 15) is 0 Å². The first-order valence-corrected chi connectivity index (χ1v) is 10.00. The highest BCUT2D eigenvalue weighted by Gasteiger charge is 2.12. The number of ether oxygens (including phenoxy) is 1. The molecular formula is C23H24N4O. The van der Waals surface area contributed by atoms with Crippen molar-refractivity contribution in [1.29, 1.82) is 0 Å². The molecule has 2 aromatic carbocycles. The van der Waals surface area contributed by atoms with Gasteiger partial charge in [-0.2, -0.15) is 0 Å². The zero-order valence-electron chi connectivity index (χ0n) is 15.9. The van der Waals surface area contributed by atoms with Crippen LogP contribution in [0.1, 0.15) is 18.4 Å². The number of allylic oxidation sites excluding steroid dienone is 1. The normalized spacial score (nSPS) is 16.8. The van der Waals surface area contributed by atoms with Crippen LogP contribution in [0, 0.1) is 0 Å². The fourth-order valence-electron chi connectivity index (χ4n) is 3.95. The Labute approximate surface area is 165 Å². The lowest BCUT2D eigenvalue weighted by Gasteiger charge is -2.15. The number of benzene rings is 2. The molecule has 3 aromatic rings. The molecule has 0 N–H and O–H groups in total. The van der Waals surface area contributed by atoms with Crippen LogP contribution in [0.25, 0.3) is 16.6 Å². The fourth-order valence-corrected chi connectivity index (χ4v) is 3.95. The first-order chi connectivity index (χ1) is 13.8. The number of imidazole rings is 1. The molecule has 1 aromatic heterocycles. The summed E-state index contributed by atoms with van der Waals surface area (Å²) in [5, 5.41) is 0. The van der Waals surface area contributed by atoms with E-state index < -0.39 is 0 Å². The first-order valence-electron chi connectivity index (χ1n) is 10.00. The average molecular weight is 372 g/mol. The second-order valence-corrected chi connectivity index (χ2v) is 7.45. The van der Waals surface area contributed by atoms with E-state index in [4.69, 9.17) is 4.74 Å². The van der Waals surface area contributed by atoms with Crippen LogP contribution in [0.3, 0.4) is 0 Å². The van der Waals surface area contributed by atoms with E-state index in [-0.39, 0.29) is 0 Å². The summed E-state index contributed by atoms with van der Waals surface area (Å²) in [6.07, 6.45) is 8.52. The van der Waals surface area contributed by atoms with Gasteiger partial charge in [0.25, 0.3) is 0 Å². The number of hydrogen-bond donors (Lipinski definition) is 0. The van der Waals surface area contributed by atoms with Crippen LogP contribution in [-0.4, -0.2) is 46.8 Å². The summed E-state index contributed by atoms with van der Waals surface area (Å²) in [6.45, 7) is 5.30. The molecule has 142 valence electrons. The van der Waals surface area contributed by atoms with Crippen LogP contribution in [0.15, 0.2) is 59.9 Å². The van der Waals surface area contributed by atoms with Gasteiger partial charge in [0, 0.05) is 25.4 Å². The summed E-state index contributed by atoms with van der Waals surface area (Å²) in [4.78, 5) is 11.3. The third-order valence-electron chi connectivity index (χ3n) is 5.55. The summed E-state index contributed by atoms with van der Waals surface area (Å²) in [5.74, 6) is 1.64. The molecule has 5 rings (SSSR count). The van der Waals surface area contributed by atoms with Gasteiger partial charge >= 0.3 is 0 Å². The predicted octanol–water partition coefficient (Wildman–Crippen LogP) is 4.39. The van der Waals surface area contributed by atoms with Gasteiger partial charge in [0.05, 0.1) is 23.9 Å². The van der Waals surface area contributed by atoms with Crippen molar-refractivity contribution in [2.24, 2.45) is 4.99 Å². The minimum Gasteiger partial charge on any atom is -0.457 e. The molecule has 0 saturated carbocycles. The third kappa shape index (κ3) is 3.58. The molecule has 1 saturated heterocycles. The number of nitrogens with zero attached hydrogens (tertiary/aromatic N) is 4. The van der Waals surface area contributed by atoms with Gasteiger partial charge in [-0.3, -0.25) is 4.99 Å². The monoisotopic (exact) mass is 372 g/mol. The van der Waals surface area contributed by atoms with Crippen LogP contribution in [0.2, 0.25) is 0 Å². The predicted molar refractivity (Wildman–Crippen MR) is 113 cm³/mol. The van der Waals surface area contributed by atoms with Gasteiger partial charge < -0.3 is 14.2 Å². The van der Waals surface area contributed by atoms with Crippen LogP contribution in [0.4, 0.5) is 0 Å². The number of rotatable bonds is 6. The van der Waals surface area contributed by atoms with Crippen molar-refractivity contribution in [3.63, 3.8) is 0 Å². The van der Waals surface area contributed by atoms with E-state index >= 15 is 0 Å². The Morgan fingerprint density at radius 1 is 0.929 bits per heavy atom.